The van der Waals surface area contributed by atoms with Gasteiger partial charge in [0.05, 0.1) is 11.7 Å². The molecule has 0 aliphatic carbocycles. The molecule has 6 nitrogen and oxygen atoms in total. The number of hydrogen-bond acceptors (Lipinski definition) is 3. The first-order valence-electron chi connectivity index (χ1n) is 12.1. The molecule has 3 heterocycles. The van der Waals surface area contributed by atoms with Gasteiger partial charge in [-0.1, -0.05) is 25.1 Å². The third kappa shape index (κ3) is 4.50. The van der Waals surface area contributed by atoms with E-state index in [1.54, 1.807) is 0 Å². The Labute approximate surface area is 217 Å². The van der Waals surface area contributed by atoms with Gasteiger partial charge in [0, 0.05) is 41.6 Å². The molecule has 1 amide bonds. The number of aryl methyl sites for hydroxylation is 2. The van der Waals surface area contributed by atoms with Gasteiger partial charge < -0.3 is 20.1 Å². The first kappa shape index (κ1) is 23.8. The van der Waals surface area contributed by atoms with Crippen LogP contribution in [-0.4, -0.2) is 20.6 Å². The molecule has 1 fully saturated rings. The Morgan fingerprint density at radius 1 is 1.03 bits per heavy atom. The molecule has 0 bridgehead atoms. The first-order chi connectivity index (χ1) is 17.5. The number of rotatable bonds is 6. The summed E-state index contributed by atoms with van der Waals surface area (Å²) in [5.74, 6) is -0.00622. The lowest BCUT2D eigenvalue weighted by molar-refractivity contribution is -0.115. The minimum absolute atomic E-state index is 0.00622. The molecule has 1 aliphatic rings. The van der Waals surface area contributed by atoms with Gasteiger partial charge in [0.2, 0.25) is 5.91 Å². The van der Waals surface area contributed by atoms with E-state index >= 15 is 0 Å². The minimum atomic E-state index is -0.142. The number of aromatic nitrogens is 2. The van der Waals surface area contributed by atoms with Crippen molar-refractivity contribution < 1.29 is 4.79 Å². The molecule has 1 saturated heterocycles. The van der Waals surface area contributed by atoms with Crippen LogP contribution in [0.1, 0.15) is 47.9 Å². The SMILES string of the molecule is CCC(=O)Nc1ccc(N2C(=S)N[C@H](c3ccccn3)[C@@H]2c2cccn2-c2cccc(C)c2)cc1C. The van der Waals surface area contributed by atoms with E-state index in [1.165, 1.54) is 5.56 Å². The third-order valence-corrected chi connectivity index (χ3v) is 6.86. The molecular formula is C29H29N5OS. The zero-order valence-corrected chi connectivity index (χ0v) is 21.4. The van der Waals surface area contributed by atoms with Crippen LogP contribution in [0.25, 0.3) is 5.69 Å². The summed E-state index contributed by atoms with van der Waals surface area (Å²) in [4.78, 5) is 18.8. The fourth-order valence-corrected chi connectivity index (χ4v) is 5.10. The van der Waals surface area contributed by atoms with E-state index < -0.39 is 0 Å². The van der Waals surface area contributed by atoms with Crippen LogP contribution in [0.5, 0.6) is 0 Å². The zero-order chi connectivity index (χ0) is 25.2. The number of nitrogens with one attached hydrogen (secondary N) is 2. The van der Waals surface area contributed by atoms with E-state index in [1.807, 2.05) is 50.4 Å². The van der Waals surface area contributed by atoms with Crippen molar-refractivity contribution in [3.05, 3.63) is 108 Å². The molecule has 0 radical (unpaired) electrons. The number of nitrogens with zero attached hydrogens (tertiary/aromatic N) is 3. The van der Waals surface area contributed by atoms with E-state index in [2.05, 4.69) is 80.7 Å². The largest absolute Gasteiger partial charge is 0.351 e. The van der Waals surface area contributed by atoms with Gasteiger partial charge in [-0.15, -0.1) is 0 Å². The van der Waals surface area contributed by atoms with Crippen LogP contribution >= 0.6 is 12.2 Å². The lowest BCUT2D eigenvalue weighted by Gasteiger charge is -2.29. The topological polar surface area (TPSA) is 62.2 Å². The molecule has 0 spiro atoms. The molecule has 36 heavy (non-hydrogen) atoms. The molecule has 2 aromatic carbocycles. The van der Waals surface area contributed by atoms with Crippen LogP contribution in [-0.2, 0) is 4.79 Å². The maximum atomic E-state index is 12.0. The van der Waals surface area contributed by atoms with Gasteiger partial charge >= 0.3 is 0 Å². The molecular weight excluding hydrogens is 466 g/mol. The highest BCUT2D eigenvalue weighted by molar-refractivity contribution is 7.80. The molecule has 1 aliphatic heterocycles. The van der Waals surface area contributed by atoms with Crippen molar-refractivity contribution in [1.82, 2.24) is 14.9 Å². The normalized spacial score (nSPS) is 17.2. The Kier molecular flexibility index (Phi) is 6.57. The van der Waals surface area contributed by atoms with Crippen molar-refractivity contribution in [2.45, 2.75) is 39.3 Å². The maximum absolute atomic E-state index is 12.0. The van der Waals surface area contributed by atoms with E-state index in [4.69, 9.17) is 12.2 Å². The highest BCUT2D eigenvalue weighted by Gasteiger charge is 2.42. The van der Waals surface area contributed by atoms with Gasteiger partial charge in [0.1, 0.15) is 6.04 Å². The maximum Gasteiger partial charge on any atom is 0.224 e. The van der Waals surface area contributed by atoms with Crippen molar-refractivity contribution in [3.63, 3.8) is 0 Å². The smallest absolute Gasteiger partial charge is 0.224 e. The summed E-state index contributed by atoms with van der Waals surface area (Å²) in [6, 6.07) is 24.4. The Morgan fingerprint density at radius 2 is 1.89 bits per heavy atom. The van der Waals surface area contributed by atoms with E-state index in [9.17, 15) is 4.79 Å². The summed E-state index contributed by atoms with van der Waals surface area (Å²) >= 11 is 5.90. The zero-order valence-electron chi connectivity index (χ0n) is 20.6. The highest BCUT2D eigenvalue weighted by Crippen LogP contribution is 2.42. The monoisotopic (exact) mass is 495 g/mol. The summed E-state index contributed by atoms with van der Waals surface area (Å²) in [6.07, 6.45) is 4.34. The van der Waals surface area contributed by atoms with Crippen LogP contribution in [0, 0.1) is 13.8 Å². The van der Waals surface area contributed by atoms with Crippen molar-refractivity contribution in [2.24, 2.45) is 0 Å². The summed E-state index contributed by atoms with van der Waals surface area (Å²) in [6.45, 7) is 5.95. The summed E-state index contributed by atoms with van der Waals surface area (Å²) < 4.78 is 2.22. The first-order valence-corrected chi connectivity index (χ1v) is 12.5. The molecule has 2 atom stereocenters. The average Bonchev–Trinajstić information content (AvgIpc) is 3.50. The van der Waals surface area contributed by atoms with Crippen molar-refractivity contribution >= 4 is 34.6 Å². The van der Waals surface area contributed by atoms with Crippen molar-refractivity contribution in [2.75, 3.05) is 10.2 Å². The summed E-state index contributed by atoms with van der Waals surface area (Å²) in [7, 11) is 0. The van der Waals surface area contributed by atoms with Crippen LogP contribution in [0.3, 0.4) is 0 Å². The van der Waals surface area contributed by atoms with E-state index in [-0.39, 0.29) is 18.0 Å². The number of pyridine rings is 1. The molecule has 2 aromatic heterocycles. The number of anilines is 2. The molecule has 182 valence electrons. The molecule has 2 N–H and O–H groups in total. The third-order valence-electron chi connectivity index (χ3n) is 6.54. The van der Waals surface area contributed by atoms with Gasteiger partial charge in [0.15, 0.2) is 5.11 Å². The van der Waals surface area contributed by atoms with Crippen molar-refractivity contribution in [3.8, 4) is 5.69 Å². The van der Waals surface area contributed by atoms with Crippen LogP contribution in [0.4, 0.5) is 11.4 Å². The van der Waals surface area contributed by atoms with Crippen LogP contribution < -0.4 is 15.5 Å². The summed E-state index contributed by atoms with van der Waals surface area (Å²) in [5.41, 5.74) is 7.07. The molecule has 0 unspecified atom stereocenters. The lowest BCUT2D eigenvalue weighted by Crippen LogP contribution is -2.30. The predicted octanol–water partition coefficient (Wildman–Crippen LogP) is 6.01. The highest BCUT2D eigenvalue weighted by atomic mass is 32.1. The Bertz CT molecular complexity index is 1410. The van der Waals surface area contributed by atoms with Crippen molar-refractivity contribution in [1.29, 1.82) is 0 Å². The van der Waals surface area contributed by atoms with Crippen LogP contribution in [0.15, 0.2) is 85.2 Å². The number of carbonyl (C=O) groups is 1. The molecule has 0 saturated carbocycles. The number of carbonyl (C=O) groups excluding carboxylic acids is 1. The van der Waals surface area contributed by atoms with Crippen LogP contribution in [0.2, 0.25) is 0 Å². The van der Waals surface area contributed by atoms with Gasteiger partial charge in [-0.05, 0) is 91.8 Å². The lowest BCUT2D eigenvalue weighted by atomic mass is 10.00. The standard InChI is InChI=1S/C29H29N5OS/c1-4-26(35)31-23-14-13-22(18-20(23)3)34-28(27(32-29(34)36)24-11-5-6-15-30-24)25-12-8-16-33(25)21-10-7-9-19(2)17-21/h5-18,27-28H,4H2,1-3H3,(H,31,35)(H,32,36)/t27-,28+/m1/s1. The Morgan fingerprint density at radius 3 is 2.61 bits per heavy atom. The van der Waals surface area contributed by atoms with Gasteiger partial charge in [-0.3, -0.25) is 9.78 Å². The molecule has 4 aromatic rings. The van der Waals surface area contributed by atoms with Gasteiger partial charge in [0.25, 0.3) is 0 Å². The second-order valence-corrected chi connectivity index (χ2v) is 9.43. The minimum Gasteiger partial charge on any atom is -0.351 e. The predicted molar refractivity (Wildman–Crippen MR) is 149 cm³/mol. The quantitative estimate of drug-likeness (QED) is 0.321. The Balaban J connectivity index is 1.62. The number of amides is 1. The molecule has 5 rings (SSSR count). The average molecular weight is 496 g/mol. The number of thiocarbonyl (C=S) groups is 1. The second-order valence-electron chi connectivity index (χ2n) is 9.04. The van der Waals surface area contributed by atoms with E-state index in [0.717, 1.165) is 34.0 Å². The summed E-state index contributed by atoms with van der Waals surface area (Å²) in [5, 5.41) is 7.15. The number of hydrogen-bond donors (Lipinski definition) is 2. The Hall–Kier alpha value is -3.97. The number of benzene rings is 2. The van der Waals surface area contributed by atoms with Gasteiger partial charge in [-0.2, -0.15) is 0 Å². The molecule has 7 heteroatoms. The second kappa shape index (κ2) is 9.95. The fraction of sp³-hybridized carbons (Fsp3) is 0.207. The van der Waals surface area contributed by atoms with Gasteiger partial charge in [-0.25, -0.2) is 0 Å². The van der Waals surface area contributed by atoms with E-state index in [0.29, 0.717) is 11.5 Å². The fourth-order valence-electron chi connectivity index (χ4n) is 4.76.